The van der Waals surface area contributed by atoms with Crippen molar-refractivity contribution in [2.45, 2.75) is 98.1 Å². The molecule has 8 atom stereocenters. The van der Waals surface area contributed by atoms with Crippen LogP contribution >= 0.6 is 0 Å². The molecule has 0 bridgehead atoms. The van der Waals surface area contributed by atoms with Crippen LogP contribution in [-0.4, -0.2) is 52.7 Å². The van der Waals surface area contributed by atoms with Gasteiger partial charge in [0.05, 0.1) is 0 Å². The van der Waals surface area contributed by atoms with E-state index < -0.39 is 52.7 Å². The van der Waals surface area contributed by atoms with Crippen molar-refractivity contribution in [2.24, 2.45) is 28.6 Å². The Balaban J connectivity index is 1.61. The first-order valence-corrected chi connectivity index (χ1v) is 14.2. The first kappa shape index (κ1) is 28.5. The number of cyclic esters (lactones) is 2. The van der Waals surface area contributed by atoms with Crippen molar-refractivity contribution in [3.8, 4) is 0 Å². The molecule has 8 nitrogen and oxygen atoms in total. The largest absolute Gasteiger partial charge is 0.462 e. The van der Waals surface area contributed by atoms with Gasteiger partial charge in [-0.05, 0) is 80.6 Å². The zero-order valence-electron chi connectivity index (χ0n) is 24.4. The molecule has 0 amide bonds. The van der Waals surface area contributed by atoms with E-state index in [1.807, 2.05) is 26.8 Å². The predicted octanol–water partition coefficient (Wildman–Crippen LogP) is 4.32. The van der Waals surface area contributed by atoms with Gasteiger partial charge in [-0.25, -0.2) is 9.59 Å². The second-order valence-electron chi connectivity index (χ2n) is 13.2. The Hall–Kier alpha value is -3.00. The van der Waals surface area contributed by atoms with Crippen LogP contribution in [0.25, 0.3) is 0 Å². The van der Waals surface area contributed by atoms with Crippen LogP contribution in [0.4, 0.5) is 0 Å². The number of carbonyl (C=O) groups is 4. The molecule has 0 aromatic heterocycles. The number of ketones is 1. The number of esters is 3. The highest BCUT2D eigenvalue weighted by atomic mass is 16.6. The number of ether oxygens (including phenoxy) is 3. The van der Waals surface area contributed by atoms with Gasteiger partial charge in [-0.3, -0.25) is 9.59 Å². The van der Waals surface area contributed by atoms with Crippen molar-refractivity contribution >= 4 is 23.7 Å². The topological polar surface area (TPSA) is 116 Å². The molecule has 8 heteroatoms. The summed E-state index contributed by atoms with van der Waals surface area (Å²) in [7, 11) is 0. The number of Topliss-reactive ketones (excluding diaryl/α,β-unsaturated/α-hetero) is 1. The summed E-state index contributed by atoms with van der Waals surface area (Å²) in [5.41, 5.74) is 0.760. The lowest BCUT2D eigenvalue weighted by Gasteiger charge is -2.52. The summed E-state index contributed by atoms with van der Waals surface area (Å²) in [5, 5.41) is 10.9. The third-order valence-electron chi connectivity index (χ3n) is 10.7. The zero-order valence-corrected chi connectivity index (χ0v) is 24.4. The first-order chi connectivity index (χ1) is 18.6. The standard InChI is InChI=1S/C32H40O8/c1-16-12-24(34)28(39-29(16)37)17(2)23-14-26(38-18(3)33)32(7)22-10-9-21-19(8-11-27(36)40-30(21,4)5)13-20(22)25(35)15-31(23,32)6/h8,11-13,17,21,23-24,26,28,34H,9-10,14-15H2,1-7H3. The van der Waals surface area contributed by atoms with Crippen LogP contribution < -0.4 is 0 Å². The number of aliphatic hydroxyl groups excluding tert-OH is 1. The Morgan fingerprint density at radius 1 is 1.15 bits per heavy atom. The van der Waals surface area contributed by atoms with Crippen molar-refractivity contribution in [1.82, 2.24) is 0 Å². The van der Waals surface area contributed by atoms with Crippen LogP contribution in [0, 0.1) is 28.6 Å². The number of carbonyl (C=O) groups excluding carboxylic acids is 4. The van der Waals surface area contributed by atoms with Gasteiger partial charge in [0.2, 0.25) is 0 Å². The van der Waals surface area contributed by atoms with Gasteiger partial charge in [0, 0.05) is 41.9 Å². The summed E-state index contributed by atoms with van der Waals surface area (Å²) < 4.78 is 17.5. The Morgan fingerprint density at radius 3 is 2.52 bits per heavy atom. The summed E-state index contributed by atoms with van der Waals surface area (Å²) in [5.74, 6) is -1.85. The zero-order chi connectivity index (χ0) is 29.4. The monoisotopic (exact) mass is 552 g/mol. The highest BCUT2D eigenvalue weighted by Crippen LogP contribution is 2.68. The molecule has 0 radical (unpaired) electrons. The van der Waals surface area contributed by atoms with E-state index in [0.29, 0.717) is 30.4 Å². The second-order valence-corrected chi connectivity index (χ2v) is 13.2. The van der Waals surface area contributed by atoms with Crippen LogP contribution in [0.5, 0.6) is 0 Å². The average molecular weight is 553 g/mol. The number of aliphatic hydroxyl groups is 1. The van der Waals surface area contributed by atoms with Gasteiger partial charge in [0.1, 0.15) is 23.9 Å². The lowest BCUT2D eigenvalue weighted by Crippen LogP contribution is -2.52. The molecule has 216 valence electrons. The van der Waals surface area contributed by atoms with Gasteiger partial charge < -0.3 is 19.3 Å². The Labute approximate surface area is 235 Å². The molecule has 2 aliphatic heterocycles. The highest BCUT2D eigenvalue weighted by Gasteiger charge is 2.67. The molecule has 8 unspecified atom stereocenters. The second kappa shape index (κ2) is 9.54. The third kappa shape index (κ3) is 4.21. The SMILES string of the molecule is CC(=O)OC1CC(C(C)C2OC(=O)C(C)=CC2O)C2(C)CC(=O)C3=C(CCC4C(=C3)C=CC(=O)OC4(C)C)C12C. The van der Waals surface area contributed by atoms with Crippen molar-refractivity contribution < 1.29 is 38.5 Å². The predicted molar refractivity (Wildman–Crippen MR) is 145 cm³/mol. The molecule has 0 saturated heterocycles. The van der Waals surface area contributed by atoms with Crippen molar-refractivity contribution in [3.05, 3.63) is 46.6 Å². The molecule has 5 aliphatic rings. The van der Waals surface area contributed by atoms with Crippen LogP contribution in [-0.2, 0) is 33.4 Å². The van der Waals surface area contributed by atoms with Gasteiger partial charge in [-0.15, -0.1) is 0 Å². The lowest BCUT2D eigenvalue weighted by atomic mass is 9.52. The smallest absolute Gasteiger partial charge is 0.333 e. The van der Waals surface area contributed by atoms with E-state index in [1.165, 1.54) is 19.1 Å². The fourth-order valence-electron chi connectivity index (χ4n) is 8.45. The maximum absolute atomic E-state index is 14.0. The summed E-state index contributed by atoms with van der Waals surface area (Å²) in [6, 6.07) is 0. The number of hydrogen-bond donors (Lipinski definition) is 1. The molecular formula is C32H40O8. The minimum atomic E-state index is -0.962. The van der Waals surface area contributed by atoms with E-state index >= 15 is 0 Å². The summed E-state index contributed by atoms with van der Waals surface area (Å²) in [4.78, 5) is 51.1. The van der Waals surface area contributed by atoms with Crippen molar-refractivity contribution in [3.63, 3.8) is 0 Å². The van der Waals surface area contributed by atoms with Crippen molar-refractivity contribution in [1.29, 1.82) is 0 Å². The lowest BCUT2D eigenvalue weighted by molar-refractivity contribution is -0.160. The van der Waals surface area contributed by atoms with Crippen molar-refractivity contribution in [2.75, 3.05) is 0 Å². The molecule has 2 heterocycles. The van der Waals surface area contributed by atoms with Crippen LogP contribution in [0.15, 0.2) is 46.6 Å². The van der Waals surface area contributed by atoms with E-state index in [1.54, 1.807) is 13.0 Å². The summed E-state index contributed by atoms with van der Waals surface area (Å²) in [6.45, 7) is 12.9. The molecule has 40 heavy (non-hydrogen) atoms. The van der Waals surface area contributed by atoms with Crippen LogP contribution in [0.2, 0.25) is 0 Å². The number of allylic oxidation sites excluding steroid dienone is 3. The minimum Gasteiger partial charge on any atom is -0.462 e. The van der Waals surface area contributed by atoms with Gasteiger partial charge in [-0.1, -0.05) is 26.8 Å². The van der Waals surface area contributed by atoms with Crippen LogP contribution in [0.1, 0.15) is 74.1 Å². The molecule has 1 N–H and O–H groups in total. The molecule has 3 aliphatic carbocycles. The Kier molecular flexibility index (Phi) is 6.80. The maximum Gasteiger partial charge on any atom is 0.333 e. The number of fused-ring (bicyclic) bond motifs is 3. The van der Waals surface area contributed by atoms with Gasteiger partial charge in [0.25, 0.3) is 0 Å². The maximum atomic E-state index is 14.0. The third-order valence-corrected chi connectivity index (χ3v) is 10.7. The number of hydrogen-bond acceptors (Lipinski definition) is 8. The van der Waals surface area contributed by atoms with Gasteiger partial charge in [0.15, 0.2) is 5.78 Å². The molecule has 1 saturated carbocycles. The summed E-state index contributed by atoms with van der Waals surface area (Å²) in [6.07, 6.45) is 6.32. The molecule has 0 spiro atoms. The van der Waals surface area contributed by atoms with Gasteiger partial charge in [-0.2, -0.15) is 0 Å². The van der Waals surface area contributed by atoms with E-state index in [2.05, 4.69) is 13.8 Å². The molecule has 5 rings (SSSR count). The first-order valence-electron chi connectivity index (χ1n) is 14.2. The minimum absolute atomic E-state index is 0.00317. The van der Waals surface area contributed by atoms with Crippen LogP contribution in [0.3, 0.4) is 0 Å². The molecule has 1 fully saturated rings. The summed E-state index contributed by atoms with van der Waals surface area (Å²) >= 11 is 0. The average Bonchev–Trinajstić information content (AvgIpc) is 2.98. The van der Waals surface area contributed by atoms with E-state index in [-0.39, 0.29) is 30.0 Å². The quantitative estimate of drug-likeness (QED) is 0.407. The fourth-order valence-corrected chi connectivity index (χ4v) is 8.45. The normalized spacial score (nSPS) is 39.4. The van der Waals surface area contributed by atoms with E-state index in [9.17, 15) is 24.3 Å². The number of rotatable bonds is 3. The molecule has 0 aromatic carbocycles. The van der Waals surface area contributed by atoms with E-state index in [4.69, 9.17) is 14.2 Å². The van der Waals surface area contributed by atoms with Gasteiger partial charge >= 0.3 is 17.9 Å². The highest BCUT2D eigenvalue weighted by molar-refractivity contribution is 6.01. The van der Waals surface area contributed by atoms with E-state index in [0.717, 1.165) is 11.1 Å². The molecule has 0 aromatic rings. The molecular weight excluding hydrogens is 512 g/mol. The Morgan fingerprint density at radius 2 is 1.85 bits per heavy atom. The fraction of sp³-hybridized carbons (Fsp3) is 0.625. The Bertz CT molecular complexity index is 1300.